The third-order valence-corrected chi connectivity index (χ3v) is 2.75. The largest absolute Gasteiger partial charge is 0.392 e. The topological polar surface area (TPSA) is 80.9 Å². The molecule has 0 bridgehead atoms. The molecule has 0 aliphatic carbocycles. The molecule has 0 aliphatic rings. The first-order chi connectivity index (χ1) is 7.44. The summed E-state index contributed by atoms with van der Waals surface area (Å²) < 4.78 is 0. The highest BCUT2D eigenvalue weighted by Crippen LogP contribution is 2.15. The monoisotopic (exact) mass is 238 g/mol. The summed E-state index contributed by atoms with van der Waals surface area (Å²) in [7, 11) is 0. The summed E-state index contributed by atoms with van der Waals surface area (Å²) >= 11 is 4.83. The van der Waals surface area contributed by atoms with Crippen LogP contribution in [0.3, 0.4) is 0 Å². The molecule has 1 heterocycles. The van der Waals surface area contributed by atoms with Gasteiger partial charge in [-0.2, -0.15) is 10.2 Å². The molecule has 16 heavy (non-hydrogen) atoms. The van der Waals surface area contributed by atoms with Crippen LogP contribution < -0.4 is 11.1 Å². The fraction of sp³-hybridized carbons (Fsp3) is 0.400. The zero-order valence-corrected chi connectivity index (χ0v) is 10.0. The molecule has 0 aliphatic heterocycles. The van der Waals surface area contributed by atoms with Gasteiger partial charge in [-0.05, 0) is 26.0 Å². The van der Waals surface area contributed by atoms with Crippen molar-refractivity contribution in [3.8, 4) is 0 Å². The standard InChI is InChI=1S/C10H14N4OS/c1-10(2,8(11)16)9(15)12-6-7-4-3-5-13-14-7/h3-5H,6H2,1-2H3,(H2,11,16)(H,12,15). The lowest BCUT2D eigenvalue weighted by molar-refractivity contribution is -0.126. The number of nitrogens with zero attached hydrogens (tertiary/aromatic N) is 2. The van der Waals surface area contributed by atoms with Crippen LogP contribution in [0.5, 0.6) is 0 Å². The summed E-state index contributed by atoms with van der Waals surface area (Å²) in [5.41, 5.74) is 5.32. The van der Waals surface area contributed by atoms with Crippen LogP contribution in [0.4, 0.5) is 0 Å². The Kier molecular flexibility index (Phi) is 3.89. The van der Waals surface area contributed by atoms with Gasteiger partial charge in [-0.25, -0.2) is 0 Å². The maximum atomic E-state index is 11.8. The number of carbonyl (C=O) groups excluding carboxylic acids is 1. The number of nitrogens with two attached hydrogens (primary N) is 1. The predicted octanol–water partition coefficient (Wildman–Crippen LogP) is 0.405. The summed E-state index contributed by atoms with van der Waals surface area (Å²) in [6.45, 7) is 3.68. The Morgan fingerprint density at radius 2 is 2.31 bits per heavy atom. The minimum absolute atomic E-state index is 0.171. The van der Waals surface area contributed by atoms with E-state index in [0.29, 0.717) is 12.2 Å². The highest BCUT2D eigenvalue weighted by molar-refractivity contribution is 7.80. The zero-order valence-electron chi connectivity index (χ0n) is 9.23. The molecule has 1 rings (SSSR count). The molecule has 1 aromatic rings. The average Bonchev–Trinajstić information content (AvgIpc) is 2.27. The molecular formula is C10H14N4OS. The summed E-state index contributed by atoms with van der Waals surface area (Å²) in [4.78, 5) is 11.9. The molecule has 0 fully saturated rings. The van der Waals surface area contributed by atoms with Crippen LogP contribution in [-0.4, -0.2) is 21.1 Å². The normalized spacial score (nSPS) is 10.9. The highest BCUT2D eigenvalue weighted by Gasteiger charge is 2.30. The molecule has 1 aromatic heterocycles. The zero-order chi connectivity index (χ0) is 12.2. The summed E-state index contributed by atoms with van der Waals surface area (Å²) in [6.07, 6.45) is 1.57. The third kappa shape index (κ3) is 2.96. The van der Waals surface area contributed by atoms with E-state index in [-0.39, 0.29) is 10.9 Å². The van der Waals surface area contributed by atoms with Gasteiger partial charge in [0.2, 0.25) is 5.91 Å². The quantitative estimate of drug-likeness (QED) is 0.742. The summed E-state index contributed by atoms with van der Waals surface area (Å²) in [5, 5.41) is 10.3. The molecule has 0 spiro atoms. The van der Waals surface area contributed by atoms with Crippen molar-refractivity contribution in [2.45, 2.75) is 20.4 Å². The van der Waals surface area contributed by atoms with Gasteiger partial charge in [0.15, 0.2) is 0 Å². The third-order valence-electron chi connectivity index (χ3n) is 2.24. The van der Waals surface area contributed by atoms with Crippen molar-refractivity contribution in [1.29, 1.82) is 0 Å². The first-order valence-electron chi connectivity index (χ1n) is 4.79. The molecule has 0 unspecified atom stereocenters. The molecule has 1 amide bonds. The van der Waals surface area contributed by atoms with Crippen molar-refractivity contribution < 1.29 is 4.79 Å². The number of nitrogens with one attached hydrogen (secondary N) is 1. The lowest BCUT2D eigenvalue weighted by Crippen LogP contribution is -2.44. The van der Waals surface area contributed by atoms with Crippen LogP contribution in [0.1, 0.15) is 19.5 Å². The van der Waals surface area contributed by atoms with E-state index >= 15 is 0 Å². The molecule has 3 N–H and O–H groups in total. The Balaban J connectivity index is 2.57. The van der Waals surface area contributed by atoms with Gasteiger partial charge in [-0.15, -0.1) is 0 Å². The Morgan fingerprint density at radius 1 is 1.62 bits per heavy atom. The number of amides is 1. The summed E-state index contributed by atoms with van der Waals surface area (Å²) in [5.74, 6) is -0.217. The van der Waals surface area contributed by atoms with Gasteiger partial charge in [0, 0.05) is 6.20 Å². The molecule has 6 heteroatoms. The molecule has 0 saturated heterocycles. The van der Waals surface area contributed by atoms with Crippen molar-refractivity contribution >= 4 is 23.1 Å². The molecule has 86 valence electrons. The number of thiocarbonyl (C=S) groups is 1. The number of hydrogen-bond donors (Lipinski definition) is 2. The van der Waals surface area contributed by atoms with E-state index in [1.54, 1.807) is 32.2 Å². The SMILES string of the molecule is CC(C)(C(=O)NCc1cccnn1)C(N)=S. The van der Waals surface area contributed by atoms with Crippen molar-refractivity contribution in [2.24, 2.45) is 11.1 Å². The van der Waals surface area contributed by atoms with Gasteiger partial charge >= 0.3 is 0 Å². The maximum Gasteiger partial charge on any atom is 0.232 e. The molecule has 0 aromatic carbocycles. The minimum Gasteiger partial charge on any atom is -0.392 e. The number of rotatable bonds is 4. The van der Waals surface area contributed by atoms with Crippen molar-refractivity contribution in [3.05, 3.63) is 24.0 Å². The van der Waals surface area contributed by atoms with Crippen molar-refractivity contribution in [1.82, 2.24) is 15.5 Å². The van der Waals surface area contributed by atoms with Gasteiger partial charge < -0.3 is 11.1 Å². The van der Waals surface area contributed by atoms with E-state index in [1.807, 2.05) is 0 Å². The predicted molar refractivity (Wildman–Crippen MR) is 64.4 cm³/mol. The fourth-order valence-corrected chi connectivity index (χ4v) is 1.02. The van der Waals surface area contributed by atoms with E-state index in [9.17, 15) is 4.79 Å². The molecule has 0 radical (unpaired) electrons. The fourth-order valence-electron chi connectivity index (χ4n) is 0.931. The van der Waals surface area contributed by atoms with Gasteiger partial charge in [0.05, 0.1) is 22.6 Å². The molecular weight excluding hydrogens is 224 g/mol. The smallest absolute Gasteiger partial charge is 0.232 e. The summed E-state index contributed by atoms with van der Waals surface area (Å²) in [6, 6.07) is 3.54. The lowest BCUT2D eigenvalue weighted by Gasteiger charge is -2.21. The second kappa shape index (κ2) is 4.98. The Hall–Kier alpha value is -1.56. The van der Waals surface area contributed by atoms with Crippen LogP contribution in [0.25, 0.3) is 0 Å². The van der Waals surface area contributed by atoms with Crippen LogP contribution in [-0.2, 0) is 11.3 Å². The van der Waals surface area contributed by atoms with E-state index in [0.717, 1.165) is 0 Å². The number of carbonyl (C=O) groups is 1. The minimum atomic E-state index is -0.850. The van der Waals surface area contributed by atoms with Crippen LogP contribution >= 0.6 is 12.2 Å². The first-order valence-corrected chi connectivity index (χ1v) is 5.20. The average molecular weight is 238 g/mol. The van der Waals surface area contributed by atoms with Gasteiger partial charge in [0.1, 0.15) is 0 Å². The van der Waals surface area contributed by atoms with Gasteiger partial charge in [-0.1, -0.05) is 12.2 Å². The Morgan fingerprint density at radius 3 is 2.81 bits per heavy atom. The second-order valence-electron chi connectivity index (χ2n) is 3.89. The van der Waals surface area contributed by atoms with E-state index in [1.165, 1.54) is 0 Å². The first kappa shape index (κ1) is 12.5. The van der Waals surface area contributed by atoms with E-state index in [4.69, 9.17) is 18.0 Å². The van der Waals surface area contributed by atoms with E-state index < -0.39 is 5.41 Å². The van der Waals surface area contributed by atoms with Crippen LogP contribution in [0, 0.1) is 5.41 Å². The van der Waals surface area contributed by atoms with Crippen LogP contribution in [0.2, 0.25) is 0 Å². The molecule has 5 nitrogen and oxygen atoms in total. The van der Waals surface area contributed by atoms with Gasteiger partial charge in [0.25, 0.3) is 0 Å². The van der Waals surface area contributed by atoms with Crippen LogP contribution in [0.15, 0.2) is 18.3 Å². The van der Waals surface area contributed by atoms with Crippen molar-refractivity contribution in [2.75, 3.05) is 0 Å². The highest BCUT2D eigenvalue weighted by atomic mass is 32.1. The van der Waals surface area contributed by atoms with Crippen molar-refractivity contribution in [3.63, 3.8) is 0 Å². The number of aromatic nitrogens is 2. The maximum absolute atomic E-state index is 11.8. The van der Waals surface area contributed by atoms with E-state index in [2.05, 4.69) is 15.5 Å². The Bertz CT molecular complexity index is 391. The number of hydrogen-bond acceptors (Lipinski definition) is 4. The lowest BCUT2D eigenvalue weighted by atomic mass is 9.92. The molecule has 0 saturated carbocycles. The second-order valence-corrected chi connectivity index (χ2v) is 4.33. The Labute approximate surface area is 99.4 Å². The van der Waals surface area contributed by atoms with Gasteiger partial charge in [-0.3, -0.25) is 4.79 Å². The molecule has 0 atom stereocenters.